The molecule has 3 N–H and O–H groups in total. The first-order valence-corrected chi connectivity index (χ1v) is 12.6. The summed E-state index contributed by atoms with van der Waals surface area (Å²) in [5.74, 6) is -1.64. The average Bonchev–Trinajstić information content (AvgIpc) is 3.25. The third-order valence-electron chi connectivity index (χ3n) is 6.53. The van der Waals surface area contributed by atoms with Gasteiger partial charge in [-0.15, -0.1) is 0 Å². The number of rotatable bonds is 2. The lowest BCUT2D eigenvalue weighted by Gasteiger charge is -2.37. The average molecular weight is 509 g/mol. The lowest BCUT2D eigenvalue weighted by molar-refractivity contribution is 0.0765. The number of aromatic nitrogens is 1. The van der Waals surface area contributed by atoms with Crippen LogP contribution >= 0.6 is 0 Å². The summed E-state index contributed by atoms with van der Waals surface area (Å²) in [4.78, 5) is 26.1. The van der Waals surface area contributed by atoms with E-state index in [1.54, 1.807) is 6.92 Å². The topological polar surface area (TPSA) is 130 Å². The second-order valence-corrected chi connectivity index (χ2v) is 11.8. The fourth-order valence-corrected chi connectivity index (χ4v) is 6.55. The zero-order valence-corrected chi connectivity index (χ0v) is 20.9. The molecule has 3 atom stereocenters. The number of nitrogens with zero attached hydrogens (tertiary/aromatic N) is 2. The van der Waals surface area contributed by atoms with Crippen LogP contribution in [0.5, 0.6) is 5.75 Å². The molecule has 0 radical (unpaired) electrons. The minimum absolute atomic E-state index is 0.00581. The Morgan fingerprint density at radius 2 is 1.97 bits per heavy atom. The number of anilines is 1. The number of amides is 2. The quantitative estimate of drug-likeness (QED) is 0.572. The van der Waals surface area contributed by atoms with E-state index in [0.29, 0.717) is 11.3 Å². The number of hydrogen-bond acceptors (Lipinski definition) is 5. The van der Waals surface area contributed by atoms with Gasteiger partial charge in [0.05, 0.1) is 6.61 Å². The summed E-state index contributed by atoms with van der Waals surface area (Å²) in [6.45, 7) is 7.23. The lowest BCUT2D eigenvalue weighted by Crippen LogP contribution is -2.48. The van der Waals surface area contributed by atoms with Crippen LogP contribution in [0.4, 0.5) is 14.9 Å². The Labute approximate surface area is 203 Å². The molecule has 1 aromatic heterocycles. The summed E-state index contributed by atoms with van der Waals surface area (Å²) < 4.78 is 50.2. The highest BCUT2D eigenvalue weighted by molar-refractivity contribution is 7.89. The van der Waals surface area contributed by atoms with Crippen molar-refractivity contribution in [1.29, 1.82) is 0 Å². The maximum absolute atomic E-state index is 13.6. The molecule has 1 fully saturated rings. The van der Waals surface area contributed by atoms with E-state index in [2.05, 4.69) is 10.0 Å². The summed E-state index contributed by atoms with van der Waals surface area (Å²) in [5.41, 5.74) is 0.172. The molecule has 4 rings (SSSR count). The van der Waals surface area contributed by atoms with E-state index < -0.39 is 51.3 Å². The van der Waals surface area contributed by atoms with E-state index in [9.17, 15) is 27.5 Å². The molecule has 12 heteroatoms. The van der Waals surface area contributed by atoms with E-state index in [-0.39, 0.29) is 29.5 Å². The number of sulfonamides is 1. The summed E-state index contributed by atoms with van der Waals surface area (Å²) in [6.07, 6.45) is 0.150. The highest BCUT2D eigenvalue weighted by Gasteiger charge is 2.52. The molecule has 2 aromatic rings. The van der Waals surface area contributed by atoms with Gasteiger partial charge >= 0.3 is 6.09 Å². The molecule has 0 aliphatic carbocycles. The number of carboxylic acid groups (broad SMARTS) is 1. The van der Waals surface area contributed by atoms with Crippen molar-refractivity contribution in [1.82, 2.24) is 14.2 Å². The van der Waals surface area contributed by atoms with E-state index >= 15 is 0 Å². The van der Waals surface area contributed by atoms with Crippen LogP contribution in [0.15, 0.2) is 29.3 Å². The van der Waals surface area contributed by atoms with Crippen molar-refractivity contribution in [2.24, 2.45) is 18.4 Å². The normalized spacial score (nSPS) is 23.5. The van der Waals surface area contributed by atoms with Crippen molar-refractivity contribution in [2.75, 3.05) is 18.5 Å². The van der Waals surface area contributed by atoms with Crippen LogP contribution in [0, 0.1) is 24.1 Å². The number of carbonyl (C=O) groups excluding carboxylic acids is 1. The molecular formula is C23H29FN4O6S. The molecule has 0 spiro atoms. The summed E-state index contributed by atoms with van der Waals surface area (Å²) in [5, 5.41) is 12.4. The highest BCUT2D eigenvalue weighted by atomic mass is 32.2. The molecule has 0 bridgehead atoms. The molecule has 2 amide bonds. The van der Waals surface area contributed by atoms with Gasteiger partial charge < -0.3 is 24.6 Å². The minimum atomic E-state index is -4.14. The van der Waals surface area contributed by atoms with Crippen molar-refractivity contribution in [3.8, 4) is 5.75 Å². The first-order chi connectivity index (χ1) is 16.2. The zero-order valence-electron chi connectivity index (χ0n) is 20.1. The predicted octanol–water partition coefficient (Wildman–Crippen LogP) is 2.79. The van der Waals surface area contributed by atoms with Crippen molar-refractivity contribution in [3.63, 3.8) is 0 Å². The Morgan fingerprint density at radius 3 is 2.57 bits per heavy atom. The van der Waals surface area contributed by atoms with Gasteiger partial charge in [-0.1, -0.05) is 20.8 Å². The van der Waals surface area contributed by atoms with E-state index in [1.165, 1.54) is 40.9 Å². The van der Waals surface area contributed by atoms with Crippen LogP contribution in [0.2, 0.25) is 0 Å². The monoisotopic (exact) mass is 508 g/mol. The molecule has 2 aliphatic heterocycles. The molecule has 3 unspecified atom stereocenters. The molecule has 1 saturated heterocycles. The number of nitrogens with one attached hydrogen (secondary N) is 2. The molecule has 35 heavy (non-hydrogen) atoms. The van der Waals surface area contributed by atoms with Gasteiger partial charge in [0.2, 0.25) is 10.0 Å². The Morgan fingerprint density at radius 1 is 1.29 bits per heavy atom. The Kier molecular flexibility index (Phi) is 6.08. The second kappa shape index (κ2) is 8.52. The molecule has 2 aliphatic rings. The van der Waals surface area contributed by atoms with Gasteiger partial charge in [0.15, 0.2) is 11.4 Å². The number of likely N-dealkylation sites (tertiary alicyclic amines) is 1. The van der Waals surface area contributed by atoms with Crippen LogP contribution in [0.3, 0.4) is 0 Å². The van der Waals surface area contributed by atoms with E-state index in [0.717, 1.165) is 0 Å². The third-order valence-corrected chi connectivity index (χ3v) is 8.02. The zero-order chi connectivity index (χ0) is 25.9. The fourth-order valence-electron chi connectivity index (χ4n) is 5.08. The predicted molar refractivity (Wildman–Crippen MR) is 126 cm³/mol. The Balaban J connectivity index is 1.72. The van der Waals surface area contributed by atoms with Crippen LogP contribution < -0.4 is 14.8 Å². The summed E-state index contributed by atoms with van der Waals surface area (Å²) in [7, 11) is -2.61. The van der Waals surface area contributed by atoms with Crippen molar-refractivity contribution in [3.05, 3.63) is 41.5 Å². The van der Waals surface area contributed by atoms with Crippen molar-refractivity contribution in [2.45, 2.75) is 44.7 Å². The first-order valence-electron chi connectivity index (χ1n) is 11.1. The number of fused-ring (bicyclic) bond motifs is 2. The molecule has 1 aromatic carbocycles. The smallest absolute Gasteiger partial charge is 0.407 e. The number of hydrogen-bond donors (Lipinski definition) is 3. The van der Waals surface area contributed by atoms with Crippen molar-refractivity contribution < 1.29 is 32.2 Å². The van der Waals surface area contributed by atoms with Gasteiger partial charge in [-0.25, -0.2) is 22.3 Å². The first kappa shape index (κ1) is 25.0. The number of ether oxygens (including phenoxy) is 1. The fraction of sp³-hybridized carbons (Fsp3) is 0.478. The number of aryl methyl sites for hydroxylation is 2. The maximum Gasteiger partial charge on any atom is 0.407 e. The number of halogens is 1. The minimum Gasteiger partial charge on any atom is -0.489 e. The molecule has 0 saturated carbocycles. The van der Waals surface area contributed by atoms with Crippen LogP contribution in [-0.2, 0) is 17.1 Å². The van der Waals surface area contributed by atoms with Crippen LogP contribution in [-0.4, -0.2) is 60.2 Å². The van der Waals surface area contributed by atoms with Crippen LogP contribution in [0.25, 0.3) is 0 Å². The van der Waals surface area contributed by atoms with Crippen LogP contribution in [0.1, 0.15) is 36.8 Å². The van der Waals surface area contributed by atoms with Gasteiger partial charge in [-0.2, -0.15) is 0 Å². The molecule has 3 heterocycles. The summed E-state index contributed by atoms with van der Waals surface area (Å²) in [6, 6.07) is 2.90. The van der Waals surface area contributed by atoms with Gasteiger partial charge in [0, 0.05) is 43.5 Å². The molecule has 10 nitrogen and oxygen atoms in total. The van der Waals surface area contributed by atoms with Gasteiger partial charge in [-0.05, 0) is 36.1 Å². The van der Waals surface area contributed by atoms with Gasteiger partial charge in [0.1, 0.15) is 10.7 Å². The lowest BCUT2D eigenvalue weighted by atomic mass is 9.78. The van der Waals surface area contributed by atoms with Gasteiger partial charge in [-0.3, -0.25) is 4.79 Å². The van der Waals surface area contributed by atoms with E-state index in [4.69, 9.17) is 4.74 Å². The Bertz CT molecular complexity index is 1300. The second-order valence-electron chi connectivity index (χ2n) is 10.1. The maximum atomic E-state index is 13.6. The third kappa shape index (κ3) is 4.47. The van der Waals surface area contributed by atoms with Crippen molar-refractivity contribution >= 4 is 27.7 Å². The number of carbonyl (C=O) groups is 2. The summed E-state index contributed by atoms with van der Waals surface area (Å²) >= 11 is 0. The van der Waals surface area contributed by atoms with Gasteiger partial charge in [0.25, 0.3) is 5.91 Å². The standard InChI is InChI=1S/C23H29FN4O6S/c1-12-8-13(6-7-15(12)24)25-21(29)18-19-17(10-27(18)5)35(32,33)26-16-9-28(22(30)31)20(23(2,3)4)14(16)11-34-19/h6-8,10,14,16,20,26H,9,11H2,1-5H3,(H,25,29)(H,30,31). The Hall–Kier alpha value is -3.12. The highest BCUT2D eigenvalue weighted by Crippen LogP contribution is 2.41. The largest absolute Gasteiger partial charge is 0.489 e. The molecule has 190 valence electrons. The molecular weight excluding hydrogens is 479 g/mol. The SMILES string of the molecule is Cc1cc(NC(=O)c2c3c(cn2C)S(=O)(=O)NC2CN(C(=O)O)C(C(C)(C)C)C2CO3)ccc1F. The number of benzene rings is 1. The van der Waals surface area contributed by atoms with E-state index in [1.807, 2.05) is 20.8 Å².